The molecule has 0 amide bonds. The van der Waals surface area contributed by atoms with Crippen molar-refractivity contribution >= 4 is 17.6 Å². The van der Waals surface area contributed by atoms with Crippen LogP contribution in [0.2, 0.25) is 5.02 Å². The molecule has 0 bridgehead atoms. The number of ether oxygens (including phenoxy) is 1. The van der Waals surface area contributed by atoms with Gasteiger partial charge in [-0.05, 0) is 30.7 Å². The highest BCUT2D eigenvalue weighted by Gasteiger charge is 2.01. The first-order chi connectivity index (χ1) is 8.13. The zero-order valence-corrected chi connectivity index (χ0v) is 10.5. The van der Waals surface area contributed by atoms with Gasteiger partial charge in [0, 0.05) is 13.0 Å². The number of benzene rings is 1. The molecule has 0 aliphatic carbocycles. The second-order valence-electron chi connectivity index (χ2n) is 3.64. The number of nitrogens with one attached hydrogen (secondary N) is 1. The van der Waals surface area contributed by atoms with Crippen LogP contribution in [0.25, 0.3) is 0 Å². The molecule has 1 aromatic carbocycles. The van der Waals surface area contributed by atoms with Crippen LogP contribution in [0.4, 0.5) is 0 Å². The van der Waals surface area contributed by atoms with Gasteiger partial charge in [-0.2, -0.15) is 0 Å². The molecule has 0 heterocycles. The van der Waals surface area contributed by atoms with Gasteiger partial charge in [-0.3, -0.25) is 4.79 Å². The fourth-order valence-electron chi connectivity index (χ4n) is 1.42. The number of methoxy groups -OCH3 is 1. The van der Waals surface area contributed by atoms with Gasteiger partial charge in [0.25, 0.3) is 0 Å². The second-order valence-corrected chi connectivity index (χ2v) is 4.05. The Morgan fingerprint density at radius 3 is 2.88 bits per heavy atom. The van der Waals surface area contributed by atoms with Crippen molar-refractivity contribution < 1.29 is 14.6 Å². The number of carboxylic acid groups (broad SMARTS) is 1. The summed E-state index contributed by atoms with van der Waals surface area (Å²) in [5.74, 6) is -0.111. The van der Waals surface area contributed by atoms with E-state index in [1.807, 2.05) is 18.2 Å². The lowest BCUT2D eigenvalue weighted by atomic mass is 10.2. The first-order valence-electron chi connectivity index (χ1n) is 5.38. The van der Waals surface area contributed by atoms with Gasteiger partial charge in [-0.15, -0.1) is 0 Å². The van der Waals surface area contributed by atoms with Crippen molar-refractivity contribution in [3.8, 4) is 5.75 Å². The second kappa shape index (κ2) is 7.14. The molecule has 0 atom stereocenters. The summed E-state index contributed by atoms with van der Waals surface area (Å²) in [6.45, 7) is 1.35. The minimum absolute atomic E-state index is 0.191. The van der Waals surface area contributed by atoms with Crippen LogP contribution in [-0.2, 0) is 11.3 Å². The molecule has 0 radical (unpaired) electrons. The summed E-state index contributed by atoms with van der Waals surface area (Å²) < 4.78 is 5.05. The molecule has 17 heavy (non-hydrogen) atoms. The standard InChI is InChI=1S/C12H16ClNO3/c1-17-11-5-4-9(7-10(11)13)8-14-6-2-3-12(15)16/h4-5,7,14H,2-3,6,8H2,1H3,(H,15,16). The van der Waals surface area contributed by atoms with E-state index in [0.29, 0.717) is 30.3 Å². The summed E-state index contributed by atoms with van der Waals surface area (Å²) in [4.78, 5) is 10.3. The molecular weight excluding hydrogens is 242 g/mol. The summed E-state index contributed by atoms with van der Waals surface area (Å²) >= 11 is 5.98. The van der Waals surface area contributed by atoms with Crippen LogP contribution in [0.15, 0.2) is 18.2 Å². The zero-order valence-electron chi connectivity index (χ0n) is 9.70. The van der Waals surface area contributed by atoms with Gasteiger partial charge in [0.15, 0.2) is 0 Å². The maximum absolute atomic E-state index is 10.3. The first kappa shape index (κ1) is 13.8. The van der Waals surface area contributed by atoms with Gasteiger partial charge in [0.1, 0.15) is 5.75 Å². The minimum Gasteiger partial charge on any atom is -0.495 e. The maximum atomic E-state index is 10.3. The van der Waals surface area contributed by atoms with Crippen LogP contribution >= 0.6 is 11.6 Å². The fourth-order valence-corrected chi connectivity index (χ4v) is 1.70. The van der Waals surface area contributed by atoms with E-state index in [1.54, 1.807) is 7.11 Å². The highest BCUT2D eigenvalue weighted by atomic mass is 35.5. The number of rotatable bonds is 7. The number of halogens is 1. The van der Waals surface area contributed by atoms with E-state index in [1.165, 1.54) is 0 Å². The van der Waals surface area contributed by atoms with Crippen molar-refractivity contribution in [2.24, 2.45) is 0 Å². The van der Waals surface area contributed by atoms with Crippen molar-refractivity contribution in [1.82, 2.24) is 5.32 Å². The molecule has 0 fully saturated rings. The molecule has 0 aliphatic heterocycles. The highest BCUT2D eigenvalue weighted by molar-refractivity contribution is 6.32. The average molecular weight is 258 g/mol. The predicted molar refractivity (Wildman–Crippen MR) is 66.6 cm³/mol. The summed E-state index contributed by atoms with van der Waals surface area (Å²) in [7, 11) is 1.57. The van der Waals surface area contributed by atoms with Gasteiger partial charge in [-0.1, -0.05) is 17.7 Å². The number of carbonyl (C=O) groups is 1. The molecule has 0 saturated heterocycles. The van der Waals surface area contributed by atoms with Gasteiger partial charge in [0.05, 0.1) is 12.1 Å². The number of aliphatic carboxylic acids is 1. The number of hydrogen-bond acceptors (Lipinski definition) is 3. The predicted octanol–water partition coefficient (Wildman–Crippen LogP) is 2.30. The van der Waals surface area contributed by atoms with Crippen LogP contribution in [0, 0.1) is 0 Å². The molecule has 2 N–H and O–H groups in total. The third-order valence-corrected chi connectivity index (χ3v) is 2.58. The lowest BCUT2D eigenvalue weighted by molar-refractivity contribution is -0.137. The van der Waals surface area contributed by atoms with Crippen molar-refractivity contribution in [3.05, 3.63) is 28.8 Å². The molecule has 0 aromatic heterocycles. The van der Waals surface area contributed by atoms with E-state index < -0.39 is 5.97 Å². The molecule has 0 spiro atoms. The minimum atomic E-state index is -0.765. The van der Waals surface area contributed by atoms with Crippen molar-refractivity contribution in [3.63, 3.8) is 0 Å². The first-order valence-corrected chi connectivity index (χ1v) is 5.76. The van der Waals surface area contributed by atoms with E-state index >= 15 is 0 Å². The van der Waals surface area contributed by atoms with E-state index in [0.717, 1.165) is 5.56 Å². The van der Waals surface area contributed by atoms with Gasteiger partial charge < -0.3 is 15.2 Å². The van der Waals surface area contributed by atoms with Gasteiger partial charge in [-0.25, -0.2) is 0 Å². The molecule has 5 heteroatoms. The van der Waals surface area contributed by atoms with Crippen molar-refractivity contribution in [2.45, 2.75) is 19.4 Å². The molecular formula is C12H16ClNO3. The lowest BCUT2D eigenvalue weighted by Gasteiger charge is -2.07. The Bertz CT molecular complexity index is 382. The molecule has 0 unspecified atom stereocenters. The molecule has 4 nitrogen and oxygen atoms in total. The van der Waals surface area contributed by atoms with E-state index in [9.17, 15) is 4.79 Å². The van der Waals surface area contributed by atoms with Crippen LogP contribution in [0.5, 0.6) is 5.75 Å². The van der Waals surface area contributed by atoms with Crippen molar-refractivity contribution in [1.29, 1.82) is 0 Å². The number of hydrogen-bond donors (Lipinski definition) is 2. The van der Waals surface area contributed by atoms with Crippen molar-refractivity contribution in [2.75, 3.05) is 13.7 Å². The summed E-state index contributed by atoms with van der Waals surface area (Å²) in [5, 5.41) is 12.2. The third kappa shape index (κ3) is 5.06. The Morgan fingerprint density at radius 2 is 2.29 bits per heavy atom. The Morgan fingerprint density at radius 1 is 1.53 bits per heavy atom. The van der Waals surface area contributed by atoms with Crippen LogP contribution in [0.1, 0.15) is 18.4 Å². The SMILES string of the molecule is COc1ccc(CNCCCC(=O)O)cc1Cl. The zero-order chi connectivity index (χ0) is 12.7. The smallest absolute Gasteiger partial charge is 0.303 e. The average Bonchev–Trinajstić information content (AvgIpc) is 2.28. The topological polar surface area (TPSA) is 58.6 Å². The van der Waals surface area contributed by atoms with Crippen LogP contribution in [0.3, 0.4) is 0 Å². The van der Waals surface area contributed by atoms with E-state index in [2.05, 4.69) is 5.32 Å². The van der Waals surface area contributed by atoms with Crippen LogP contribution < -0.4 is 10.1 Å². The summed E-state index contributed by atoms with van der Waals surface area (Å²) in [6.07, 6.45) is 0.815. The van der Waals surface area contributed by atoms with E-state index in [4.69, 9.17) is 21.4 Å². The maximum Gasteiger partial charge on any atom is 0.303 e. The van der Waals surface area contributed by atoms with Gasteiger partial charge in [0.2, 0.25) is 0 Å². The van der Waals surface area contributed by atoms with E-state index in [-0.39, 0.29) is 6.42 Å². The van der Waals surface area contributed by atoms with Crippen LogP contribution in [-0.4, -0.2) is 24.7 Å². The Labute approximate surface area is 106 Å². The largest absolute Gasteiger partial charge is 0.495 e. The molecule has 94 valence electrons. The Kier molecular flexibility index (Phi) is 5.80. The van der Waals surface area contributed by atoms with Gasteiger partial charge >= 0.3 is 5.97 Å². The lowest BCUT2D eigenvalue weighted by Crippen LogP contribution is -2.15. The highest BCUT2D eigenvalue weighted by Crippen LogP contribution is 2.24. The normalized spacial score (nSPS) is 10.2. The quantitative estimate of drug-likeness (QED) is 0.736. The monoisotopic (exact) mass is 257 g/mol. The third-order valence-electron chi connectivity index (χ3n) is 2.29. The number of carboxylic acids is 1. The molecule has 1 aromatic rings. The Balaban J connectivity index is 2.32. The molecule has 0 aliphatic rings. The molecule has 0 saturated carbocycles. The Hall–Kier alpha value is -1.26. The molecule has 1 rings (SSSR count). The summed E-state index contributed by atoms with van der Waals surface area (Å²) in [6, 6.07) is 5.58. The summed E-state index contributed by atoms with van der Waals surface area (Å²) in [5.41, 5.74) is 1.05. The fraction of sp³-hybridized carbons (Fsp3) is 0.417.